The van der Waals surface area contributed by atoms with Crippen LogP contribution < -0.4 is 10.5 Å². The van der Waals surface area contributed by atoms with Gasteiger partial charge in [-0.05, 0) is 48.9 Å². The Morgan fingerprint density at radius 2 is 2.00 bits per heavy atom. The van der Waals surface area contributed by atoms with Crippen LogP contribution in [0.3, 0.4) is 0 Å². The third kappa shape index (κ3) is 3.58. The number of carbonyl (C=O) groups excluding carboxylic acids is 1. The van der Waals surface area contributed by atoms with Gasteiger partial charge in [0.15, 0.2) is 12.4 Å². The molecule has 5 nitrogen and oxygen atoms in total. The van der Waals surface area contributed by atoms with E-state index in [9.17, 15) is 4.79 Å². The standard InChI is InChI=1S/C18H15ClN2O3/c1-11-2-7-14(18(20)22)15(8-11)23-10-17-21-9-16(24-17)12-3-5-13(19)6-4-12/h2-9H,10H2,1H3,(H2,20,22). The van der Waals surface area contributed by atoms with Crippen LogP contribution >= 0.6 is 11.6 Å². The van der Waals surface area contributed by atoms with Crippen LogP contribution in [0.1, 0.15) is 21.8 Å². The number of halogens is 1. The minimum absolute atomic E-state index is 0.0946. The van der Waals surface area contributed by atoms with Crippen molar-refractivity contribution in [2.75, 3.05) is 0 Å². The molecule has 1 heterocycles. The molecule has 0 saturated carbocycles. The van der Waals surface area contributed by atoms with E-state index in [4.69, 9.17) is 26.5 Å². The lowest BCUT2D eigenvalue weighted by atomic mass is 10.1. The molecule has 24 heavy (non-hydrogen) atoms. The maximum absolute atomic E-state index is 11.5. The van der Waals surface area contributed by atoms with E-state index in [1.165, 1.54) is 0 Å². The van der Waals surface area contributed by atoms with Gasteiger partial charge in [-0.25, -0.2) is 4.98 Å². The summed E-state index contributed by atoms with van der Waals surface area (Å²) in [5, 5.41) is 0.653. The van der Waals surface area contributed by atoms with Crippen molar-refractivity contribution in [3.8, 4) is 17.1 Å². The summed E-state index contributed by atoms with van der Waals surface area (Å²) in [6.45, 7) is 2.00. The zero-order chi connectivity index (χ0) is 17.1. The van der Waals surface area contributed by atoms with Crippen molar-refractivity contribution in [1.29, 1.82) is 0 Å². The molecule has 0 fully saturated rings. The van der Waals surface area contributed by atoms with Crippen molar-refractivity contribution < 1.29 is 13.9 Å². The topological polar surface area (TPSA) is 78.4 Å². The number of aryl methyl sites for hydroxylation is 1. The van der Waals surface area contributed by atoms with Crippen molar-refractivity contribution in [2.45, 2.75) is 13.5 Å². The highest BCUT2D eigenvalue weighted by Gasteiger charge is 2.12. The highest BCUT2D eigenvalue weighted by atomic mass is 35.5. The first kappa shape index (κ1) is 16.1. The van der Waals surface area contributed by atoms with Crippen LogP contribution in [0.5, 0.6) is 5.75 Å². The Bertz CT molecular complexity index is 872. The zero-order valence-corrected chi connectivity index (χ0v) is 13.7. The number of hydrogen-bond donors (Lipinski definition) is 1. The van der Waals surface area contributed by atoms with Gasteiger partial charge in [-0.1, -0.05) is 17.7 Å². The number of amides is 1. The van der Waals surface area contributed by atoms with Crippen molar-refractivity contribution in [3.63, 3.8) is 0 Å². The fourth-order valence-electron chi connectivity index (χ4n) is 2.22. The normalized spacial score (nSPS) is 10.6. The Hall–Kier alpha value is -2.79. The molecule has 1 aromatic heterocycles. The smallest absolute Gasteiger partial charge is 0.252 e. The monoisotopic (exact) mass is 342 g/mol. The van der Waals surface area contributed by atoms with Gasteiger partial charge in [0, 0.05) is 10.6 Å². The third-order valence-electron chi connectivity index (χ3n) is 3.44. The number of primary amides is 1. The van der Waals surface area contributed by atoms with Crippen LogP contribution in [-0.2, 0) is 6.61 Å². The maximum Gasteiger partial charge on any atom is 0.252 e. The van der Waals surface area contributed by atoms with E-state index in [0.29, 0.717) is 28.0 Å². The van der Waals surface area contributed by atoms with E-state index in [0.717, 1.165) is 11.1 Å². The van der Waals surface area contributed by atoms with Crippen molar-refractivity contribution in [2.24, 2.45) is 5.73 Å². The average Bonchev–Trinajstić information content (AvgIpc) is 3.02. The van der Waals surface area contributed by atoms with Crippen LogP contribution in [0.15, 0.2) is 53.1 Å². The summed E-state index contributed by atoms with van der Waals surface area (Å²) in [5.74, 6) is 0.884. The molecular weight excluding hydrogens is 328 g/mol. The fraction of sp³-hybridized carbons (Fsp3) is 0.111. The van der Waals surface area contributed by atoms with Gasteiger partial charge >= 0.3 is 0 Å². The van der Waals surface area contributed by atoms with Gasteiger partial charge < -0.3 is 14.9 Å². The minimum Gasteiger partial charge on any atom is -0.483 e. The van der Waals surface area contributed by atoms with Crippen molar-refractivity contribution >= 4 is 17.5 Å². The summed E-state index contributed by atoms with van der Waals surface area (Å²) in [5.41, 5.74) is 7.51. The number of oxazole rings is 1. The zero-order valence-electron chi connectivity index (χ0n) is 13.0. The molecule has 0 aliphatic rings. The first-order valence-electron chi connectivity index (χ1n) is 7.27. The van der Waals surface area contributed by atoms with Gasteiger partial charge in [-0.15, -0.1) is 0 Å². The Morgan fingerprint density at radius 3 is 2.71 bits per heavy atom. The predicted molar refractivity (Wildman–Crippen MR) is 91.0 cm³/mol. The minimum atomic E-state index is -0.542. The highest BCUT2D eigenvalue weighted by molar-refractivity contribution is 6.30. The first-order chi connectivity index (χ1) is 11.5. The molecule has 0 atom stereocenters. The second kappa shape index (κ2) is 6.76. The number of benzene rings is 2. The number of nitrogens with zero attached hydrogens (tertiary/aromatic N) is 1. The van der Waals surface area contributed by atoms with E-state index in [-0.39, 0.29) is 6.61 Å². The lowest BCUT2D eigenvalue weighted by Gasteiger charge is -2.08. The number of ether oxygens (including phenoxy) is 1. The van der Waals surface area contributed by atoms with E-state index in [1.807, 2.05) is 19.1 Å². The van der Waals surface area contributed by atoms with Crippen LogP contribution in [0.4, 0.5) is 0 Å². The molecule has 2 aromatic carbocycles. The molecular formula is C18H15ClN2O3. The van der Waals surface area contributed by atoms with Crippen molar-refractivity contribution in [1.82, 2.24) is 4.98 Å². The number of nitrogens with two attached hydrogens (primary N) is 1. The predicted octanol–water partition coefficient (Wildman–Crippen LogP) is 3.98. The number of carbonyl (C=O) groups is 1. The molecule has 0 spiro atoms. The molecule has 0 radical (unpaired) electrons. The molecule has 6 heteroatoms. The van der Waals surface area contributed by atoms with E-state index in [2.05, 4.69) is 4.98 Å². The molecule has 0 aliphatic carbocycles. The SMILES string of the molecule is Cc1ccc(C(N)=O)c(OCc2ncc(-c3ccc(Cl)cc3)o2)c1. The van der Waals surface area contributed by atoms with E-state index in [1.54, 1.807) is 36.5 Å². The Morgan fingerprint density at radius 1 is 1.25 bits per heavy atom. The Balaban J connectivity index is 1.75. The number of aromatic nitrogens is 1. The molecule has 0 unspecified atom stereocenters. The van der Waals surface area contributed by atoms with Gasteiger partial charge in [-0.3, -0.25) is 4.79 Å². The summed E-state index contributed by atoms with van der Waals surface area (Å²) >= 11 is 5.87. The second-order valence-electron chi connectivity index (χ2n) is 5.28. The Kier molecular flexibility index (Phi) is 4.53. The highest BCUT2D eigenvalue weighted by Crippen LogP contribution is 2.24. The molecule has 2 N–H and O–H groups in total. The largest absolute Gasteiger partial charge is 0.483 e. The van der Waals surface area contributed by atoms with Crippen LogP contribution in [0.2, 0.25) is 5.02 Å². The van der Waals surface area contributed by atoms with Crippen molar-refractivity contribution in [3.05, 3.63) is 70.7 Å². The van der Waals surface area contributed by atoms with Crippen LogP contribution in [0, 0.1) is 6.92 Å². The van der Waals surface area contributed by atoms with Gasteiger partial charge in [0.25, 0.3) is 5.91 Å². The number of rotatable bonds is 5. The van der Waals surface area contributed by atoms with E-state index >= 15 is 0 Å². The lowest BCUT2D eigenvalue weighted by Crippen LogP contribution is -2.13. The molecule has 3 aromatic rings. The van der Waals surface area contributed by atoms with Crippen LogP contribution in [-0.4, -0.2) is 10.9 Å². The Labute approximate surface area is 144 Å². The first-order valence-corrected chi connectivity index (χ1v) is 7.64. The summed E-state index contributed by atoms with van der Waals surface area (Å²) in [4.78, 5) is 15.6. The summed E-state index contributed by atoms with van der Waals surface area (Å²) in [7, 11) is 0. The van der Waals surface area contributed by atoms with Crippen LogP contribution in [0.25, 0.3) is 11.3 Å². The quantitative estimate of drug-likeness (QED) is 0.760. The average molecular weight is 343 g/mol. The molecule has 3 rings (SSSR count). The lowest BCUT2D eigenvalue weighted by molar-refractivity contribution is 0.0995. The summed E-state index contributed by atoms with van der Waals surface area (Å²) in [6, 6.07) is 12.4. The molecule has 122 valence electrons. The molecule has 0 saturated heterocycles. The van der Waals surface area contributed by atoms with Gasteiger partial charge in [0.1, 0.15) is 5.75 Å². The van der Waals surface area contributed by atoms with Gasteiger partial charge in [0.05, 0.1) is 11.8 Å². The van der Waals surface area contributed by atoms with Gasteiger partial charge in [-0.2, -0.15) is 0 Å². The summed E-state index contributed by atoms with van der Waals surface area (Å²) in [6.07, 6.45) is 1.62. The number of hydrogen-bond acceptors (Lipinski definition) is 4. The molecule has 1 amide bonds. The van der Waals surface area contributed by atoms with Gasteiger partial charge in [0.2, 0.25) is 5.89 Å². The molecule has 0 aliphatic heterocycles. The third-order valence-corrected chi connectivity index (χ3v) is 3.69. The maximum atomic E-state index is 11.5. The summed E-state index contributed by atoms with van der Waals surface area (Å²) < 4.78 is 11.3. The second-order valence-corrected chi connectivity index (χ2v) is 5.71. The molecule has 0 bridgehead atoms. The fourth-order valence-corrected chi connectivity index (χ4v) is 2.34. The van der Waals surface area contributed by atoms with E-state index < -0.39 is 5.91 Å².